The van der Waals surface area contributed by atoms with Gasteiger partial charge in [-0.2, -0.15) is 0 Å². The highest BCUT2D eigenvalue weighted by Crippen LogP contribution is 2.47. The predicted molar refractivity (Wildman–Crippen MR) is 181 cm³/mol. The van der Waals surface area contributed by atoms with Gasteiger partial charge in [0, 0.05) is 36.8 Å². The zero-order chi connectivity index (χ0) is 33.9. The fourth-order valence-corrected chi connectivity index (χ4v) is 6.82. The zero-order valence-electron chi connectivity index (χ0n) is 27.9. The summed E-state index contributed by atoms with van der Waals surface area (Å²) in [5.74, 6) is -4.51. The minimum atomic E-state index is -1.74. The van der Waals surface area contributed by atoms with Crippen LogP contribution in [0.1, 0.15) is 66.3 Å². The molecule has 2 aliphatic rings. The molecule has 2 fully saturated rings. The second kappa shape index (κ2) is 14.1. The Labute approximate surface area is 276 Å². The number of ether oxygens (including phenoxy) is 1. The highest BCUT2D eigenvalue weighted by Gasteiger charge is 2.56. The average Bonchev–Trinajstić information content (AvgIpc) is 3.03. The molecule has 1 aliphatic heterocycles. The Bertz CT molecular complexity index is 1660. The number of piperidine rings is 1. The molecule has 4 atom stereocenters. The topological polar surface area (TPSA) is 125 Å². The molecule has 248 valence electrons. The molecule has 3 aromatic carbocycles. The minimum Gasteiger partial charge on any atom is -0.484 e. The van der Waals surface area contributed by atoms with Crippen LogP contribution in [0.25, 0.3) is 0 Å². The van der Waals surface area contributed by atoms with Gasteiger partial charge in [0.15, 0.2) is 6.61 Å². The lowest BCUT2D eigenvalue weighted by Gasteiger charge is -2.44. The Balaban J connectivity index is 1.48. The number of aliphatic hydroxyl groups is 1. The van der Waals surface area contributed by atoms with E-state index in [0.29, 0.717) is 22.7 Å². The molecule has 0 radical (unpaired) electrons. The number of nitrogens with zero attached hydrogens (tertiary/aromatic N) is 1. The standard InChI is InChI=1S/C38H45N3O6/c1-23-9-11-25(3)29(19-23)39-36(44)34-31(42)21-38(5,46)35(37(45)40-30-20-24(2)10-12-26(30)4)33(34)27-13-15-28(16-14-27)47-22-32(43)41-17-7-6-8-18-41/h9-16,19-20,33-35,46H,6-8,17-18,21-22H2,1-5H3,(H,39,44)(H,40,45). The molecule has 0 spiro atoms. The molecule has 0 aromatic heterocycles. The molecule has 3 aromatic rings. The summed E-state index contributed by atoms with van der Waals surface area (Å²) in [5, 5.41) is 17.6. The average molecular weight is 640 g/mol. The van der Waals surface area contributed by atoms with Crippen molar-refractivity contribution in [2.24, 2.45) is 11.8 Å². The Morgan fingerprint density at radius 3 is 1.96 bits per heavy atom. The molecule has 4 unspecified atom stereocenters. The maximum absolute atomic E-state index is 14.2. The van der Waals surface area contributed by atoms with Crippen LogP contribution in [0, 0.1) is 39.5 Å². The van der Waals surface area contributed by atoms with Crippen LogP contribution >= 0.6 is 0 Å². The third-order valence-corrected chi connectivity index (χ3v) is 9.47. The van der Waals surface area contributed by atoms with Gasteiger partial charge in [0.05, 0.1) is 11.5 Å². The van der Waals surface area contributed by atoms with E-state index in [2.05, 4.69) is 10.6 Å². The van der Waals surface area contributed by atoms with E-state index in [1.54, 1.807) is 24.3 Å². The number of hydrogen-bond acceptors (Lipinski definition) is 6. The lowest BCUT2D eigenvalue weighted by atomic mass is 9.61. The van der Waals surface area contributed by atoms with Gasteiger partial charge < -0.3 is 25.4 Å². The molecule has 1 saturated heterocycles. The molecule has 3 amide bonds. The van der Waals surface area contributed by atoms with Crippen LogP contribution in [0.15, 0.2) is 60.7 Å². The number of carbonyl (C=O) groups excluding carboxylic acids is 4. The molecular formula is C38H45N3O6. The Morgan fingerprint density at radius 2 is 1.38 bits per heavy atom. The molecule has 0 bridgehead atoms. The van der Waals surface area contributed by atoms with Gasteiger partial charge in [0.25, 0.3) is 5.91 Å². The lowest BCUT2D eigenvalue weighted by Crippen LogP contribution is -2.56. The molecule has 47 heavy (non-hydrogen) atoms. The van der Waals surface area contributed by atoms with Crippen LogP contribution < -0.4 is 15.4 Å². The van der Waals surface area contributed by atoms with E-state index < -0.39 is 41.0 Å². The van der Waals surface area contributed by atoms with Crippen molar-refractivity contribution in [3.63, 3.8) is 0 Å². The van der Waals surface area contributed by atoms with Gasteiger partial charge in [-0.15, -0.1) is 0 Å². The van der Waals surface area contributed by atoms with E-state index in [4.69, 9.17) is 4.74 Å². The highest BCUT2D eigenvalue weighted by molar-refractivity contribution is 6.10. The Kier molecular flexibility index (Phi) is 10.2. The number of amides is 3. The van der Waals surface area contributed by atoms with Crippen molar-refractivity contribution in [2.45, 2.75) is 71.8 Å². The van der Waals surface area contributed by atoms with Gasteiger partial charge in [-0.05, 0) is 106 Å². The number of nitrogens with one attached hydrogen (secondary N) is 2. The summed E-state index contributed by atoms with van der Waals surface area (Å²) < 4.78 is 5.81. The fourth-order valence-electron chi connectivity index (χ4n) is 6.82. The largest absolute Gasteiger partial charge is 0.484 e. The number of likely N-dealkylation sites (tertiary alicyclic amines) is 1. The van der Waals surface area contributed by atoms with Crippen molar-refractivity contribution in [1.29, 1.82) is 0 Å². The number of ketones is 1. The predicted octanol–water partition coefficient (Wildman–Crippen LogP) is 5.63. The minimum absolute atomic E-state index is 0.0749. The van der Waals surface area contributed by atoms with Gasteiger partial charge in [0.2, 0.25) is 11.8 Å². The first-order valence-corrected chi connectivity index (χ1v) is 16.4. The quantitative estimate of drug-likeness (QED) is 0.275. The van der Waals surface area contributed by atoms with Gasteiger partial charge in [-0.3, -0.25) is 19.2 Å². The summed E-state index contributed by atoms with van der Waals surface area (Å²) in [5.41, 5.74) is 3.54. The molecule has 3 N–H and O–H groups in total. The second-order valence-corrected chi connectivity index (χ2v) is 13.4. The molecule has 1 aliphatic carbocycles. The second-order valence-electron chi connectivity index (χ2n) is 13.4. The molecular weight excluding hydrogens is 594 g/mol. The highest BCUT2D eigenvalue weighted by atomic mass is 16.5. The first kappa shape index (κ1) is 33.9. The third-order valence-electron chi connectivity index (χ3n) is 9.47. The van der Waals surface area contributed by atoms with Gasteiger partial charge in [-0.1, -0.05) is 36.4 Å². The summed E-state index contributed by atoms with van der Waals surface area (Å²) in [7, 11) is 0. The van der Waals surface area contributed by atoms with E-state index in [1.165, 1.54) is 6.92 Å². The van der Waals surface area contributed by atoms with Crippen LogP contribution in [-0.4, -0.2) is 58.8 Å². The van der Waals surface area contributed by atoms with Gasteiger partial charge in [0.1, 0.15) is 17.5 Å². The van der Waals surface area contributed by atoms with Gasteiger partial charge >= 0.3 is 0 Å². The molecule has 9 heteroatoms. The van der Waals surface area contributed by atoms with Crippen molar-refractivity contribution >= 4 is 34.9 Å². The van der Waals surface area contributed by atoms with Crippen molar-refractivity contribution in [1.82, 2.24) is 4.90 Å². The number of Topliss-reactive ketones (excluding diaryl/α,β-unsaturated/α-hetero) is 1. The maximum atomic E-state index is 14.2. The van der Waals surface area contributed by atoms with Gasteiger partial charge in [-0.25, -0.2) is 0 Å². The van der Waals surface area contributed by atoms with E-state index in [9.17, 15) is 24.3 Å². The normalized spacial score (nSPS) is 22.8. The number of rotatable bonds is 8. The van der Waals surface area contributed by atoms with E-state index in [-0.39, 0.29) is 18.9 Å². The first-order valence-electron chi connectivity index (χ1n) is 16.4. The summed E-state index contributed by atoms with van der Waals surface area (Å²) in [6, 6.07) is 18.1. The third kappa shape index (κ3) is 7.73. The Morgan fingerprint density at radius 1 is 0.830 bits per heavy atom. The van der Waals surface area contributed by atoms with Crippen LogP contribution in [-0.2, 0) is 19.2 Å². The summed E-state index contributed by atoms with van der Waals surface area (Å²) >= 11 is 0. The number of benzene rings is 3. The summed E-state index contributed by atoms with van der Waals surface area (Å²) in [4.78, 5) is 56.5. The van der Waals surface area contributed by atoms with Crippen LogP contribution in [0.4, 0.5) is 11.4 Å². The maximum Gasteiger partial charge on any atom is 0.260 e. The molecule has 1 saturated carbocycles. The number of anilines is 2. The van der Waals surface area contributed by atoms with Crippen molar-refractivity contribution in [3.8, 4) is 5.75 Å². The smallest absolute Gasteiger partial charge is 0.260 e. The van der Waals surface area contributed by atoms with Crippen molar-refractivity contribution < 1.29 is 29.0 Å². The molecule has 9 nitrogen and oxygen atoms in total. The summed E-state index contributed by atoms with van der Waals surface area (Å²) in [6.07, 6.45) is 2.73. The number of carbonyl (C=O) groups is 4. The van der Waals surface area contributed by atoms with Crippen molar-refractivity contribution in [2.75, 3.05) is 30.3 Å². The first-order chi connectivity index (χ1) is 22.3. The van der Waals surface area contributed by atoms with Crippen LogP contribution in [0.3, 0.4) is 0 Å². The lowest BCUT2D eigenvalue weighted by molar-refractivity contribution is -0.151. The summed E-state index contributed by atoms with van der Waals surface area (Å²) in [6.45, 7) is 10.4. The number of hydrogen-bond donors (Lipinski definition) is 3. The zero-order valence-corrected chi connectivity index (χ0v) is 27.9. The fraction of sp³-hybridized carbons (Fsp3) is 0.421. The van der Waals surface area contributed by atoms with Crippen LogP contribution in [0.2, 0.25) is 0 Å². The molecule has 5 rings (SSSR count). The van der Waals surface area contributed by atoms with E-state index in [1.807, 2.05) is 69.0 Å². The number of aryl methyl sites for hydroxylation is 4. The van der Waals surface area contributed by atoms with Crippen molar-refractivity contribution in [3.05, 3.63) is 88.5 Å². The van der Waals surface area contributed by atoms with E-state index >= 15 is 0 Å². The Hall–Kier alpha value is -4.50. The monoisotopic (exact) mass is 639 g/mol. The van der Waals surface area contributed by atoms with E-state index in [0.717, 1.165) is 54.6 Å². The molecule has 1 heterocycles. The van der Waals surface area contributed by atoms with Crippen LogP contribution in [0.5, 0.6) is 5.75 Å². The SMILES string of the molecule is Cc1ccc(C)c(NC(=O)C2C(=O)CC(C)(O)C(C(=O)Nc3cc(C)ccc3C)C2c2ccc(OCC(=O)N3CCCCC3)cc2)c1.